The molecular formula is C32H37F4NO3. The molecule has 216 valence electrons. The number of aryl methyl sites for hydroxylation is 2. The fraction of sp³-hybridized carbons (Fsp3) is 0.562. The van der Waals surface area contributed by atoms with Gasteiger partial charge in [-0.3, -0.25) is 9.59 Å². The largest absolute Gasteiger partial charge is 0.481 e. The smallest absolute Gasteiger partial charge is 0.426 e. The minimum absolute atomic E-state index is 0.0425. The molecule has 40 heavy (non-hydrogen) atoms. The Morgan fingerprint density at radius 3 is 2.35 bits per heavy atom. The van der Waals surface area contributed by atoms with Crippen molar-refractivity contribution in [2.24, 2.45) is 11.3 Å². The molecule has 0 bridgehead atoms. The number of carboxylic acid groups (broad SMARTS) is 1. The average molecular weight is 560 g/mol. The lowest BCUT2D eigenvalue weighted by atomic mass is 9.63. The van der Waals surface area contributed by atoms with Crippen molar-refractivity contribution in [1.29, 1.82) is 0 Å². The van der Waals surface area contributed by atoms with E-state index in [-0.39, 0.29) is 11.9 Å². The minimum Gasteiger partial charge on any atom is -0.481 e. The standard InChI is InChI=1S/C32H37F4NO3/c1-20-5-4-6-21(17-20)19-31-15-16-37(28(40)29(2)13-11-22(12-14-29)27(38)39)26(31)10-7-23-18-24(8-9-25(23)31)30(3,33)32(34,35)36/h4-6,8-9,17-18,22,26H,7,10-16,19H2,1-3H3,(H,38,39)/t22-,26?,29-,30?,31?. The van der Waals surface area contributed by atoms with Crippen LogP contribution in [0.1, 0.15) is 80.2 Å². The third-order valence-electron chi connectivity index (χ3n) is 10.0. The van der Waals surface area contributed by atoms with E-state index in [0.717, 1.165) is 22.3 Å². The van der Waals surface area contributed by atoms with Gasteiger partial charge in [-0.1, -0.05) is 55.0 Å². The van der Waals surface area contributed by atoms with Crippen molar-refractivity contribution >= 4 is 11.9 Å². The van der Waals surface area contributed by atoms with Gasteiger partial charge in [-0.05, 0) is 87.5 Å². The highest BCUT2D eigenvalue weighted by atomic mass is 19.4. The van der Waals surface area contributed by atoms with Gasteiger partial charge >= 0.3 is 12.1 Å². The van der Waals surface area contributed by atoms with E-state index < -0.39 is 40.1 Å². The fourth-order valence-corrected chi connectivity index (χ4v) is 7.51. The van der Waals surface area contributed by atoms with E-state index in [1.165, 1.54) is 12.1 Å². The van der Waals surface area contributed by atoms with Gasteiger partial charge < -0.3 is 10.0 Å². The zero-order valence-corrected chi connectivity index (χ0v) is 23.3. The molecule has 3 aliphatic rings. The minimum atomic E-state index is -5.02. The van der Waals surface area contributed by atoms with Gasteiger partial charge in [-0.2, -0.15) is 13.2 Å². The summed E-state index contributed by atoms with van der Waals surface area (Å²) in [7, 11) is 0. The molecule has 1 aliphatic heterocycles. The summed E-state index contributed by atoms with van der Waals surface area (Å²) in [6.07, 6.45) is -0.732. The SMILES string of the molecule is Cc1cccc(CC23CCN(C(=O)[C@]4(C)CC[C@@H](C(=O)O)CC4)C2CCc2cc(C(C)(F)C(F)(F)F)ccc23)c1. The lowest BCUT2D eigenvalue weighted by Gasteiger charge is -2.46. The number of hydrogen-bond donors (Lipinski definition) is 1. The summed E-state index contributed by atoms with van der Waals surface area (Å²) in [6, 6.07) is 12.3. The van der Waals surface area contributed by atoms with Crippen molar-refractivity contribution in [3.05, 3.63) is 70.3 Å². The van der Waals surface area contributed by atoms with Crippen LogP contribution in [0.3, 0.4) is 0 Å². The van der Waals surface area contributed by atoms with E-state index in [1.54, 1.807) is 6.07 Å². The molecule has 1 heterocycles. The van der Waals surface area contributed by atoms with E-state index in [4.69, 9.17) is 0 Å². The average Bonchev–Trinajstić information content (AvgIpc) is 3.26. The van der Waals surface area contributed by atoms with Crippen LogP contribution in [0.15, 0.2) is 42.5 Å². The van der Waals surface area contributed by atoms with Gasteiger partial charge in [0.05, 0.1) is 5.92 Å². The molecular weight excluding hydrogens is 522 g/mol. The maximum Gasteiger partial charge on any atom is 0.426 e. The summed E-state index contributed by atoms with van der Waals surface area (Å²) in [6.45, 7) is 5.05. The first-order valence-electron chi connectivity index (χ1n) is 14.2. The van der Waals surface area contributed by atoms with Crippen molar-refractivity contribution in [1.82, 2.24) is 4.90 Å². The number of fused-ring (bicyclic) bond motifs is 3. The molecule has 1 saturated heterocycles. The molecule has 3 atom stereocenters. The molecule has 0 spiro atoms. The molecule has 2 aliphatic carbocycles. The van der Waals surface area contributed by atoms with Crippen LogP contribution in [0.5, 0.6) is 0 Å². The number of benzene rings is 2. The Balaban J connectivity index is 1.52. The molecule has 1 amide bonds. The van der Waals surface area contributed by atoms with Crippen molar-refractivity contribution < 1.29 is 32.3 Å². The second kappa shape index (κ2) is 9.88. The quantitative estimate of drug-likeness (QED) is 0.400. The molecule has 4 nitrogen and oxygen atoms in total. The monoisotopic (exact) mass is 559 g/mol. The molecule has 1 N–H and O–H groups in total. The van der Waals surface area contributed by atoms with Gasteiger partial charge in [0.1, 0.15) is 0 Å². The first-order valence-corrected chi connectivity index (χ1v) is 14.2. The lowest BCUT2D eigenvalue weighted by Crippen LogP contribution is -2.53. The number of hydrogen-bond acceptors (Lipinski definition) is 2. The van der Waals surface area contributed by atoms with Crippen LogP contribution in [-0.2, 0) is 33.5 Å². The number of carbonyl (C=O) groups is 2. The molecule has 2 fully saturated rings. The fourth-order valence-electron chi connectivity index (χ4n) is 7.51. The highest BCUT2D eigenvalue weighted by Gasteiger charge is 2.57. The second-order valence-corrected chi connectivity index (χ2v) is 12.7. The zero-order valence-electron chi connectivity index (χ0n) is 23.3. The molecule has 2 aromatic rings. The second-order valence-electron chi connectivity index (χ2n) is 12.7. The molecule has 8 heteroatoms. The lowest BCUT2D eigenvalue weighted by molar-refractivity contribution is -0.228. The van der Waals surface area contributed by atoms with Crippen LogP contribution in [0.2, 0.25) is 0 Å². The molecule has 2 aromatic carbocycles. The Morgan fingerprint density at radius 1 is 1.02 bits per heavy atom. The summed E-state index contributed by atoms with van der Waals surface area (Å²) >= 11 is 0. The summed E-state index contributed by atoms with van der Waals surface area (Å²) < 4.78 is 55.5. The summed E-state index contributed by atoms with van der Waals surface area (Å²) in [5.74, 6) is -1.19. The molecule has 0 aromatic heterocycles. The topological polar surface area (TPSA) is 57.6 Å². The van der Waals surface area contributed by atoms with Gasteiger partial charge in [-0.25, -0.2) is 4.39 Å². The Labute approximate surface area is 232 Å². The Bertz CT molecular complexity index is 1310. The van der Waals surface area contributed by atoms with E-state index in [0.29, 0.717) is 64.8 Å². The number of nitrogens with zero attached hydrogens (tertiary/aromatic N) is 1. The van der Waals surface area contributed by atoms with Gasteiger partial charge in [0.2, 0.25) is 11.6 Å². The highest BCUT2D eigenvalue weighted by Crippen LogP contribution is 2.52. The van der Waals surface area contributed by atoms with Crippen LogP contribution in [-0.4, -0.2) is 40.6 Å². The van der Waals surface area contributed by atoms with Crippen LogP contribution in [0, 0.1) is 18.3 Å². The number of aliphatic carboxylic acids is 1. The van der Waals surface area contributed by atoms with Gasteiger partial charge in [0.15, 0.2) is 0 Å². The predicted octanol–water partition coefficient (Wildman–Crippen LogP) is 7.05. The van der Waals surface area contributed by atoms with E-state index in [1.807, 2.05) is 36.9 Å². The van der Waals surface area contributed by atoms with Crippen molar-refractivity contribution in [3.8, 4) is 0 Å². The number of halogens is 4. The number of amides is 1. The number of carbonyl (C=O) groups excluding carboxylic acids is 1. The first-order chi connectivity index (χ1) is 18.7. The molecule has 3 unspecified atom stereocenters. The van der Waals surface area contributed by atoms with Gasteiger partial charge in [-0.15, -0.1) is 0 Å². The van der Waals surface area contributed by atoms with Gasteiger partial charge in [0, 0.05) is 23.4 Å². The van der Waals surface area contributed by atoms with E-state index in [9.17, 15) is 32.3 Å². The van der Waals surface area contributed by atoms with Gasteiger partial charge in [0.25, 0.3) is 0 Å². The van der Waals surface area contributed by atoms with Crippen LogP contribution in [0.4, 0.5) is 17.6 Å². The highest BCUT2D eigenvalue weighted by molar-refractivity contribution is 5.84. The summed E-state index contributed by atoms with van der Waals surface area (Å²) in [5.41, 5.74) is -1.17. The van der Waals surface area contributed by atoms with Crippen LogP contribution in [0.25, 0.3) is 0 Å². The maximum absolute atomic E-state index is 14.9. The third kappa shape index (κ3) is 4.71. The van der Waals surface area contributed by atoms with E-state index in [2.05, 4.69) is 6.07 Å². The van der Waals surface area contributed by atoms with Crippen LogP contribution < -0.4 is 0 Å². The first kappa shape index (κ1) is 28.6. The van der Waals surface area contributed by atoms with Crippen molar-refractivity contribution in [3.63, 3.8) is 0 Å². The number of rotatable bonds is 5. The predicted molar refractivity (Wildman–Crippen MR) is 144 cm³/mol. The third-order valence-corrected chi connectivity index (χ3v) is 10.0. The number of likely N-dealkylation sites (tertiary alicyclic amines) is 1. The Morgan fingerprint density at radius 2 is 1.73 bits per heavy atom. The van der Waals surface area contributed by atoms with E-state index >= 15 is 0 Å². The maximum atomic E-state index is 14.9. The Kier molecular flexibility index (Phi) is 7.07. The zero-order chi connectivity index (χ0) is 29.1. The summed E-state index contributed by atoms with van der Waals surface area (Å²) in [5, 5.41) is 9.43. The molecule has 5 rings (SSSR count). The normalized spacial score (nSPS) is 29.8. The number of alkyl halides is 4. The summed E-state index contributed by atoms with van der Waals surface area (Å²) in [4.78, 5) is 27.6. The van der Waals surface area contributed by atoms with Crippen molar-refractivity contribution in [2.75, 3.05) is 6.54 Å². The number of carboxylic acids is 1. The Hall–Kier alpha value is -2.90. The molecule has 1 saturated carbocycles. The van der Waals surface area contributed by atoms with Crippen molar-refractivity contribution in [2.45, 2.75) is 95.4 Å². The molecule has 0 radical (unpaired) electrons. The van der Waals surface area contributed by atoms with Crippen LogP contribution >= 0.6 is 0 Å².